The van der Waals surface area contributed by atoms with Gasteiger partial charge in [-0.1, -0.05) is 15.9 Å². The molecule has 4 heteroatoms. The van der Waals surface area contributed by atoms with Crippen molar-refractivity contribution in [1.82, 2.24) is 5.32 Å². The molecule has 0 bridgehead atoms. The van der Waals surface area contributed by atoms with Crippen molar-refractivity contribution in [2.75, 3.05) is 5.32 Å². The van der Waals surface area contributed by atoms with E-state index < -0.39 is 0 Å². The molecule has 2 rings (SSSR count). The van der Waals surface area contributed by atoms with Crippen LogP contribution in [-0.2, 0) is 0 Å². The predicted octanol–water partition coefficient (Wildman–Crippen LogP) is 2.54. The number of fused-ring (bicyclic) bond motifs is 1. The molecule has 0 spiro atoms. The van der Waals surface area contributed by atoms with Gasteiger partial charge in [0.25, 0.3) is 0 Å². The van der Waals surface area contributed by atoms with Crippen molar-refractivity contribution in [3.63, 3.8) is 0 Å². The molecule has 0 saturated heterocycles. The van der Waals surface area contributed by atoms with Crippen LogP contribution in [0, 0.1) is 6.92 Å². The molecule has 1 aromatic rings. The van der Waals surface area contributed by atoms with Gasteiger partial charge in [-0.15, -0.1) is 0 Å². The van der Waals surface area contributed by atoms with Crippen LogP contribution in [0.15, 0.2) is 16.6 Å². The molecule has 1 aromatic carbocycles. The lowest BCUT2D eigenvalue weighted by molar-refractivity contribution is 0.256. The van der Waals surface area contributed by atoms with E-state index in [-0.39, 0.29) is 6.03 Å². The molecule has 0 saturated carbocycles. The van der Waals surface area contributed by atoms with E-state index in [2.05, 4.69) is 26.6 Å². The van der Waals surface area contributed by atoms with Gasteiger partial charge >= 0.3 is 6.03 Å². The minimum Gasteiger partial charge on any atom is -0.304 e. The van der Waals surface area contributed by atoms with E-state index >= 15 is 0 Å². The molecule has 1 aliphatic heterocycles. The Morgan fingerprint density at radius 1 is 1.50 bits per heavy atom. The number of rotatable bonds is 0. The van der Waals surface area contributed by atoms with Crippen molar-refractivity contribution in [3.05, 3.63) is 22.2 Å². The summed E-state index contributed by atoms with van der Waals surface area (Å²) in [7, 11) is 0. The topological polar surface area (TPSA) is 43.2 Å². The molecule has 2 amide bonds. The monoisotopic (exact) mass is 225 g/mol. The summed E-state index contributed by atoms with van der Waals surface area (Å²) >= 11 is 3.37. The Kier molecular flexibility index (Phi) is 1.58. The highest BCUT2D eigenvalue weighted by molar-refractivity contribution is 9.10. The number of nitrogens with one attached hydrogen (secondary N) is 1. The highest BCUT2D eigenvalue weighted by atomic mass is 79.9. The summed E-state index contributed by atoms with van der Waals surface area (Å²) < 4.78 is 0.974. The molecule has 0 aromatic heterocycles. The third-order valence-corrected chi connectivity index (χ3v) is 2.59. The van der Waals surface area contributed by atoms with Gasteiger partial charge in [0, 0.05) is 4.47 Å². The third kappa shape index (κ3) is 1.08. The van der Waals surface area contributed by atoms with Crippen molar-refractivity contribution < 1.29 is 4.79 Å². The van der Waals surface area contributed by atoms with Gasteiger partial charge in [0.15, 0.2) is 0 Å². The van der Waals surface area contributed by atoms with E-state index in [0.717, 1.165) is 15.7 Å². The first-order valence-electron chi connectivity index (χ1n) is 3.50. The van der Waals surface area contributed by atoms with E-state index in [4.69, 9.17) is 0 Å². The molecule has 1 radical (unpaired) electrons. The SMILES string of the molecule is Cc1cc2c(cc1Br)[N]C(=O)N2. The van der Waals surface area contributed by atoms with Gasteiger partial charge in [0.05, 0.1) is 11.4 Å². The first-order chi connectivity index (χ1) is 5.66. The van der Waals surface area contributed by atoms with Crippen LogP contribution in [0.4, 0.5) is 16.2 Å². The van der Waals surface area contributed by atoms with Gasteiger partial charge in [-0.2, -0.15) is 5.32 Å². The Labute approximate surface area is 78.3 Å². The molecule has 1 N–H and O–H groups in total. The van der Waals surface area contributed by atoms with Crippen molar-refractivity contribution in [1.29, 1.82) is 0 Å². The highest BCUT2D eigenvalue weighted by Crippen LogP contribution is 2.32. The average molecular weight is 226 g/mol. The standard InChI is InChI=1S/C8H6BrN2O/c1-4-2-6-7(3-5(4)9)11-8(12)10-6/h2-3H,1H3,(H,10,12). The molecule has 61 valence electrons. The summed E-state index contributed by atoms with van der Waals surface area (Å²) in [6.07, 6.45) is 0. The maximum Gasteiger partial charge on any atom is 0.346 e. The lowest BCUT2D eigenvalue weighted by Gasteiger charge is -2.00. The number of hydrogen-bond acceptors (Lipinski definition) is 1. The van der Waals surface area contributed by atoms with Gasteiger partial charge in [-0.05, 0) is 24.6 Å². The Morgan fingerprint density at radius 3 is 3.00 bits per heavy atom. The smallest absolute Gasteiger partial charge is 0.304 e. The Morgan fingerprint density at radius 2 is 2.25 bits per heavy atom. The largest absolute Gasteiger partial charge is 0.346 e. The van der Waals surface area contributed by atoms with Crippen LogP contribution in [0.5, 0.6) is 0 Å². The average Bonchev–Trinajstić information content (AvgIpc) is 2.30. The van der Waals surface area contributed by atoms with Crippen LogP contribution < -0.4 is 10.6 Å². The summed E-state index contributed by atoms with van der Waals surface area (Å²) in [6, 6.07) is 3.44. The first-order valence-corrected chi connectivity index (χ1v) is 4.29. The van der Waals surface area contributed by atoms with Crippen LogP contribution in [0.2, 0.25) is 0 Å². The fourth-order valence-electron chi connectivity index (χ4n) is 1.12. The van der Waals surface area contributed by atoms with Crippen LogP contribution in [0.25, 0.3) is 0 Å². The summed E-state index contributed by atoms with van der Waals surface area (Å²) in [5.41, 5.74) is 2.59. The van der Waals surface area contributed by atoms with E-state index in [1.807, 2.05) is 19.1 Å². The number of hydrogen-bond donors (Lipinski definition) is 1. The molecule has 1 heterocycles. The molecule has 0 aliphatic carbocycles. The Hall–Kier alpha value is -1.03. The minimum absolute atomic E-state index is 0.289. The maximum absolute atomic E-state index is 10.8. The number of carbonyl (C=O) groups excluding carboxylic acids is 1. The fourth-order valence-corrected chi connectivity index (χ4v) is 1.45. The number of amides is 2. The molecule has 0 fully saturated rings. The lowest BCUT2D eigenvalue weighted by Crippen LogP contribution is -2.08. The predicted molar refractivity (Wildman–Crippen MR) is 49.7 cm³/mol. The normalized spacial score (nSPS) is 13.7. The summed E-state index contributed by atoms with van der Waals surface area (Å²) in [6.45, 7) is 1.97. The van der Waals surface area contributed by atoms with Crippen molar-refractivity contribution >= 4 is 33.3 Å². The summed E-state index contributed by atoms with van der Waals surface area (Å²) in [4.78, 5) is 10.8. The number of aryl methyl sites for hydroxylation is 1. The molecule has 3 nitrogen and oxygen atoms in total. The second-order valence-corrected chi connectivity index (χ2v) is 3.51. The van der Waals surface area contributed by atoms with Crippen LogP contribution in [0.3, 0.4) is 0 Å². The van der Waals surface area contributed by atoms with Gasteiger partial charge in [-0.3, -0.25) is 0 Å². The van der Waals surface area contributed by atoms with Gasteiger partial charge in [-0.25, -0.2) is 4.79 Å². The zero-order chi connectivity index (χ0) is 8.72. The highest BCUT2D eigenvalue weighted by Gasteiger charge is 2.19. The molecular weight excluding hydrogens is 220 g/mol. The number of halogens is 1. The zero-order valence-corrected chi connectivity index (χ0v) is 7.97. The number of carbonyl (C=O) groups is 1. The van der Waals surface area contributed by atoms with Crippen molar-refractivity contribution in [2.24, 2.45) is 0 Å². The van der Waals surface area contributed by atoms with E-state index in [1.54, 1.807) is 0 Å². The molecular formula is C8H6BrN2O. The number of nitrogens with zero attached hydrogens (tertiary/aromatic N) is 1. The fraction of sp³-hybridized carbons (Fsp3) is 0.125. The molecule has 0 unspecified atom stereocenters. The van der Waals surface area contributed by atoms with E-state index in [0.29, 0.717) is 5.69 Å². The summed E-state index contributed by atoms with van der Waals surface area (Å²) in [5, 5.41) is 6.41. The Balaban J connectivity index is 2.55. The number of benzene rings is 1. The van der Waals surface area contributed by atoms with Gasteiger partial charge in [0.1, 0.15) is 0 Å². The Bertz CT molecular complexity index is 329. The van der Waals surface area contributed by atoms with Crippen molar-refractivity contribution in [3.8, 4) is 0 Å². The molecule has 12 heavy (non-hydrogen) atoms. The second kappa shape index (κ2) is 2.48. The van der Waals surface area contributed by atoms with Crippen LogP contribution in [-0.4, -0.2) is 6.03 Å². The lowest BCUT2D eigenvalue weighted by atomic mass is 10.2. The van der Waals surface area contributed by atoms with Crippen LogP contribution in [0.1, 0.15) is 5.56 Å². The minimum atomic E-state index is -0.289. The first kappa shape index (κ1) is 7.61. The van der Waals surface area contributed by atoms with Crippen LogP contribution >= 0.6 is 15.9 Å². The van der Waals surface area contributed by atoms with E-state index in [1.165, 1.54) is 0 Å². The number of urea groups is 1. The van der Waals surface area contributed by atoms with Gasteiger partial charge in [0.2, 0.25) is 0 Å². The molecule has 0 atom stereocenters. The van der Waals surface area contributed by atoms with Crippen molar-refractivity contribution in [2.45, 2.75) is 6.92 Å². The second-order valence-electron chi connectivity index (χ2n) is 2.66. The quantitative estimate of drug-likeness (QED) is 0.725. The summed E-state index contributed by atoms with van der Waals surface area (Å²) in [5.74, 6) is 0. The third-order valence-electron chi connectivity index (χ3n) is 1.74. The number of anilines is 1. The van der Waals surface area contributed by atoms with E-state index in [9.17, 15) is 4.79 Å². The van der Waals surface area contributed by atoms with Gasteiger partial charge < -0.3 is 5.32 Å². The molecule has 1 aliphatic rings. The maximum atomic E-state index is 10.8. The zero-order valence-electron chi connectivity index (χ0n) is 6.39.